The van der Waals surface area contributed by atoms with Crippen LogP contribution in [0.3, 0.4) is 0 Å². The zero-order valence-electron chi connectivity index (χ0n) is 12.3. The molecule has 0 aliphatic carbocycles. The molecule has 1 N–H and O–H groups in total. The van der Waals surface area contributed by atoms with Gasteiger partial charge in [-0.15, -0.1) is 11.3 Å². The molecular formula is C18H15BrN2OS. The zero-order chi connectivity index (χ0) is 16.1. The Morgan fingerprint density at radius 3 is 2.74 bits per heavy atom. The number of anilines is 1. The molecule has 2 aromatic carbocycles. The second-order valence-corrected chi connectivity index (χ2v) is 6.86. The van der Waals surface area contributed by atoms with Crippen LogP contribution in [0.4, 0.5) is 5.13 Å². The number of carbonyl (C=O) groups is 1. The first-order chi connectivity index (χ1) is 11.2. The van der Waals surface area contributed by atoms with Crippen molar-refractivity contribution in [1.82, 2.24) is 4.98 Å². The molecule has 0 saturated carbocycles. The molecule has 23 heavy (non-hydrogen) atoms. The summed E-state index contributed by atoms with van der Waals surface area (Å²) in [5.41, 5.74) is 3.06. The van der Waals surface area contributed by atoms with Gasteiger partial charge in [-0.2, -0.15) is 0 Å². The maximum absolute atomic E-state index is 12.0. The van der Waals surface area contributed by atoms with Crippen molar-refractivity contribution in [1.29, 1.82) is 0 Å². The predicted octanol–water partition coefficient (Wildman–Crippen LogP) is 5.14. The maximum atomic E-state index is 12.0. The van der Waals surface area contributed by atoms with E-state index in [2.05, 4.69) is 26.2 Å². The number of hydrogen-bond donors (Lipinski definition) is 1. The molecule has 3 aromatic rings. The number of rotatable bonds is 5. The van der Waals surface area contributed by atoms with E-state index in [0.717, 1.165) is 27.7 Å². The smallest absolute Gasteiger partial charge is 0.226 e. The summed E-state index contributed by atoms with van der Waals surface area (Å²) < 4.78 is 1.01. The molecule has 116 valence electrons. The van der Waals surface area contributed by atoms with Crippen molar-refractivity contribution in [2.24, 2.45) is 0 Å². The van der Waals surface area contributed by atoms with Gasteiger partial charge in [0.1, 0.15) is 0 Å². The van der Waals surface area contributed by atoms with E-state index in [1.165, 1.54) is 11.3 Å². The first-order valence-electron chi connectivity index (χ1n) is 7.26. The third kappa shape index (κ3) is 4.50. The number of halogens is 1. The van der Waals surface area contributed by atoms with Crippen molar-refractivity contribution in [3.63, 3.8) is 0 Å². The average Bonchev–Trinajstić information content (AvgIpc) is 3.02. The highest BCUT2D eigenvalue weighted by molar-refractivity contribution is 9.10. The van der Waals surface area contributed by atoms with Crippen molar-refractivity contribution in [2.75, 3.05) is 5.32 Å². The van der Waals surface area contributed by atoms with Crippen LogP contribution in [0, 0.1) is 0 Å². The van der Waals surface area contributed by atoms with Crippen LogP contribution in [0.15, 0.2) is 64.5 Å². The molecule has 0 fully saturated rings. The van der Waals surface area contributed by atoms with E-state index in [9.17, 15) is 4.79 Å². The summed E-state index contributed by atoms with van der Waals surface area (Å²) in [4.78, 5) is 16.5. The summed E-state index contributed by atoms with van der Waals surface area (Å²) in [5, 5.41) is 5.46. The summed E-state index contributed by atoms with van der Waals surface area (Å²) in [6, 6.07) is 18.0. The largest absolute Gasteiger partial charge is 0.302 e. The summed E-state index contributed by atoms with van der Waals surface area (Å²) in [7, 11) is 0. The Morgan fingerprint density at radius 2 is 1.96 bits per heavy atom. The van der Waals surface area contributed by atoms with Crippen LogP contribution in [0.5, 0.6) is 0 Å². The number of carbonyl (C=O) groups excluding carboxylic acids is 1. The fourth-order valence-electron chi connectivity index (χ4n) is 2.20. The highest BCUT2D eigenvalue weighted by atomic mass is 79.9. The van der Waals surface area contributed by atoms with Gasteiger partial charge in [0.2, 0.25) is 5.91 Å². The normalized spacial score (nSPS) is 10.5. The number of nitrogens with zero attached hydrogens (tertiary/aromatic N) is 1. The molecule has 0 bridgehead atoms. The highest BCUT2D eigenvalue weighted by Crippen LogP contribution is 2.26. The fraction of sp³-hybridized carbons (Fsp3) is 0.111. The molecule has 1 amide bonds. The minimum absolute atomic E-state index is 0.0102. The van der Waals surface area contributed by atoms with Crippen molar-refractivity contribution in [2.45, 2.75) is 12.8 Å². The number of aromatic nitrogens is 1. The average molecular weight is 387 g/mol. The molecule has 1 aromatic heterocycles. The first-order valence-corrected chi connectivity index (χ1v) is 8.93. The maximum Gasteiger partial charge on any atom is 0.226 e. The topological polar surface area (TPSA) is 42.0 Å². The summed E-state index contributed by atoms with van der Waals surface area (Å²) in [6.45, 7) is 0. The lowest BCUT2D eigenvalue weighted by Gasteiger charge is -2.02. The van der Waals surface area contributed by atoms with Gasteiger partial charge in [-0.3, -0.25) is 4.79 Å². The molecule has 0 atom stereocenters. The molecule has 0 saturated heterocycles. The lowest BCUT2D eigenvalue weighted by molar-refractivity contribution is -0.116. The number of hydrogen-bond acceptors (Lipinski definition) is 3. The second kappa shape index (κ2) is 7.53. The Morgan fingerprint density at radius 1 is 1.13 bits per heavy atom. The van der Waals surface area contributed by atoms with Crippen LogP contribution in [0.2, 0.25) is 0 Å². The quantitative estimate of drug-likeness (QED) is 0.658. The molecule has 1 heterocycles. The van der Waals surface area contributed by atoms with Crippen LogP contribution < -0.4 is 5.32 Å². The second-order valence-electron chi connectivity index (χ2n) is 5.08. The Bertz CT molecular complexity index is 802. The zero-order valence-corrected chi connectivity index (χ0v) is 14.7. The molecule has 3 rings (SSSR count). The lowest BCUT2D eigenvalue weighted by atomic mass is 10.1. The van der Waals surface area contributed by atoms with Crippen LogP contribution in [0.1, 0.15) is 12.0 Å². The van der Waals surface area contributed by atoms with E-state index in [0.29, 0.717) is 11.6 Å². The minimum Gasteiger partial charge on any atom is -0.302 e. The molecule has 0 spiro atoms. The van der Waals surface area contributed by atoms with Gasteiger partial charge in [-0.05, 0) is 24.1 Å². The number of aryl methyl sites for hydroxylation is 1. The van der Waals surface area contributed by atoms with E-state index in [-0.39, 0.29) is 5.91 Å². The predicted molar refractivity (Wildman–Crippen MR) is 98.6 cm³/mol. The van der Waals surface area contributed by atoms with Gasteiger partial charge in [-0.1, -0.05) is 58.4 Å². The first kappa shape index (κ1) is 15.9. The van der Waals surface area contributed by atoms with E-state index in [1.807, 2.05) is 60.0 Å². The third-order valence-electron chi connectivity index (χ3n) is 3.35. The Hall–Kier alpha value is -1.98. The third-order valence-corrected chi connectivity index (χ3v) is 4.61. The van der Waals surface area contributed by atoms with Crippen LogP contribution in [-0.4, -0.2) is 10.9 Å². The van der Waals surface area contributed by atoms with Crippen molar-refractivity contribution in [3.8, 4) is 11.3 Å². The molecule has 3 nitrogen and oxygen atoms in total. The number of nitrogens with one attached hydrogen (secondary N) is 1. The Balaban J connectivity index is 1.59. The fourth-order valence-corrected chi connectivity index (χ4v) is 3.33. The SMILES string of the molecule is O=C(CCc1ccccc1)Nc1nc(-c2cccc(Br)c2)cs1. The van der Waals surface area contributed by atoms with Crippen LogP contribution >= 0.6 is 27.3 Å². The van der Waals surface area contributed by atoms with Gasteiger partial charge < -0.3 is 5.32 Å². The van der Waals surface area contributed by atoms with E-state index in [1.54, 1.807) is 0 Å². The van der Waals surface area contributed by atoms with Gasteiger partial charge in [0.25, 0.3) is 0 Å². The highest BCUT2D eigenvalue weighted by Gasteiger charge is 2.08. The van der Waals surface area contributed by atoms with Crippen molar-refractivity contribution < 1.29 is 4.79 Å². The van der Waals surface area contributed by atoms with Gasteiger partial charge in [-0.25, -0.2) is 4.98 Å². The van der Waals surface area contributed by atoms with Crippen LogP contribution in [0.25, 0.3) is 11.3 Å². The monoisotopic (exact) mass is 386 g/mol. The lowest BCUT2D eigenvalue weighted by Crippen LogP contribution is -2.12. The standard InChI is InChI=1S/C18H15BrN2OS/c19-15-8-4-7-14(11-15)16-12-23-18(20-16)21-17(22)10-9-13-5-2-1-3-6-13/h1-8,11-12H,9-10H2,(H,20,21,22). The summed E-state index contributed by atoms with van der Waals surface area (Å²) >= 11 is 4.90. The van der Waals surface area contributed by atoms with Gasteiger partial charge in [0.05, 0.1) is 5.69 Å². The molecule has 0 unspecified atom stereocenters. The summed E-state index contributed by atoms with van der Waals surface area (Å²) in [5.74, 6) is -0.0102. The number of benzene rings is 2. The molecule has 0 aliphatic rings. The number of amides is 1. The summed E-state index contributed by atoms with van der Waals surface area (Å²) in [6.07, 6.45) is 1.19. The van der Waals surface area contributed by atoms with Gasteiger partial charge in [0, 0.05) is 21.8 Å². The van der Waals surface area contributed by atoms with Crippen molar-refractivity contribution >= 4 is 38.3 Å². The molecule has 0 aliphatic heterocycles. The molecule has 5 heteroatoms. The minimum atomic E-state index is -0.0102. The van der Waals surface area contributed by atoms with Gasteiger partial charge in [0.15, 0.2) is 5.13 Å². The molecular weight excluding hydrogens is 372 g/mol. The van der Waals surface area contributed by atoms with E-state index < -0.39 is 0 Å². The van der Waals surface area contributed by atoms with E-state index in [4.69, 9.17) is 0 Å². The number of thiazole rings is 1. The molecule has 0 radical (unpaired) electrons. The van der Waals surface area contributed by atoms with E-state index >= 15 is 0 Å². The Kier molecular flexibility index (Phi) is 5.20. The van der Waals surface area contributed by atoms with Gasteiger partial charge >= 0.3 is 0 Å². The Labute approximate surface area is 147 Å². The van der Waals surface area contributed by atoms with Crippen LogP contribution in [-0.2, 0) is 11.2 Å². The van der Waals surface area contributed by atoms with Crippen molar-refractivity contribution in [3.05, 3.63) is 70.0 Å².